The number of phosphoric acid groups is 3. The van der Waals surface area contributed by atoms with E-state index in [1.54, 1.807) is 12.1 Å². The van der Waals surface area contributed by atoms with Crippen LogP contribution in [0.2, 0.25) is 0 Å². The molecule has 0 aliphatic carbocycles. The molecular weight excluding hydrogens is 499 g/mol. The zero-order valence-corrected chi connectivity index (χ0v) is 18.3. The van der Waals surface area contributed by atoms with Crippen LogP contribution in [-0.4, -0.2) is 57.5 Å². The lowest BCUT2D eigenvalue weighted by Crippen LogP contribution is -2.42. The molecule has 0 spiro atoms. The highest BCUT2D eigenvalue weighted by Crippen LogP contribution is 2.66. The Bertz CT molecular complexity index is 1210. The maximum Gasteiger partial charge on any atom is 0.490 e. The van der Waals surface area contributed by atoms with E-state index >= 15 is 0 Å². The van der Waals surface area contributed by atoms with Crippen LogP contribution in [-0.2, 0) is 31.6 Å². The van der Waals surface area contributed by atoms with Crippen LogP contribution in [0.4, 0.5) is 5.82 Å². The number of nitrogens with two attached hydrogens (primary N) is 1. The van der Waals surface area contributed by atoms with Gasteiger partial charge in [-0.15, -0.1) is 0 Å². The molecule has 1 aliphatic heterocycles. The average Bonchev–Trinajstić information content (AvgIpc) is 3.19. The molecule has 7 N–H and O–H groups in total. The molecule has 176 valence electrons. The third kappa shape index (κ3) is 5.41. The van der Waals surface area contributed by atoms with Gasteiger partial charge in [-0.1, -0.05) is 0 Å². The molecule has 3 heterocycles. The minimum Gasteiger partial charge on any atom is -0.389 e. The molecule has 17 nitrogen and oxygen atoms in total. The molecule has 1 aliphatic rings. The molecule has 2 aromatic heterocycles. The van der Waals surface area contributed by atoms with E-state index < -0.39 is 48.0 Å². The Balaban J connectivity index is 1.76. The number of phosphoric ester groups is 1. The molecule has 32 heavy (non-hydrogen) atoms. The standard InChI is InChI=1S/C12H16N5O12P3/c13-4-12(5-26-31(22,23)29-32(24,25)28-30(19,20)21)8(18)3-9(27-12)17-2-1-7-10(14)15-6-16-11(7)17/h1-2,6,8-9,18H,3,5H2,(H,22,23)(H,24,25)(H2,14,15,16)(H2,19,20,21)/t8-,9+,12+/m0/s1. The molecule has 0 bridgehead atoms. The van der Waals surface area contributed by atoms with Gasteiger partial charge in [0.2, 0.25) is 5.60 Å². The SMILES string of the molecule is N#C[C@]1(COP(=O)(O)OP(=O)(O)OP(=O)(O)O)O[C@@H](n2ccc3c(N)ncnc32)C[C@@H]1O. The van der Waals surface area contributed by atoms with Gasteiger partial charge in [0.15, 0.2) is 0 Å². The average molecular weight is 515 g/mol. The van der Waals surface area contributed by atoms with Gasteiger partial charge in [0.25, 0.3) is 0 Å². The van der Waals surface area contributed by atoms with Gasteiger partial charge in [-0.25, -0.2) is 23.7 Å². The predicted octanol–water partition coefficient (Wildman–Crippen LogP) is -0.101. The molecule has 0 amide bonds. The van der Waals surface area contributed by atoms with Crippen LogP contribution >= 0.6 is 23.5 Å². The largest absolute Gasteiger partial charge is 0.490 e. The van der Waals surface area contributed by atoms with Crippen LogP contribution in [0.15, 0.2) is 18.6 Å². The van der Waals surface area contributed by atoms with Gasteiger partial charge in [0.1, 0.15) is 42.8 Å². The number of rotatable bonds is 8. The molecule has 0 saturated carbocycles. The van der Waals surface area contributed by atoms with E-state index in [9.17, 15) is 33.9 Å². The molecule has 1 fully saturated rings. The van der Waals surface area contributed by atoms with Crippen molar-refractivity contribution in [2.24, 2.45) is 0 Å². The summed E-state index contributed by atoms with van der Waals surface area (Å²) < 4.78 is 52.6. The smallest absolute Gasteiger partial charge is 0.389 e. The van der Waals surface area contributed by atoms with E-state index in [1.807, 2.05) is 0 Å². The lowest BCUT2D eigenvalue weighted by atomic mass is 10.00. The number of hydrogen-bond donors (Lipinski definition) is 6. The fourth-order valence-electron chi connectivity index (χ4n) is 2.89. The van der Waals surface area contributed by atoms with E-state index in [1.165, 1.54) is 17.1 Å². The van der Waals surface area contributed by atoms with Crippen LogP contribution in [0.1, 0.15) is 12.6 Å². The maximum absolute atomic E-state index is 11.9. The number of nitrogen functional groups attached to an aromatic ring is 1. The maximum atomic E-state index is 11.9. The number of nitrogens with zero attached hydrogens (tertiary/aromatic N) is 4. The van der Waals surface area contributed by atoms with Crippen LogP contribution in [0.25, 0.3) is 11.0 Å². The van der Waals surface area contributed by atoms with Gasteiger partial charge < -0.3 is 39.7 Å². The minimum atomic E-state index is -5.74. The molecule has 2 aromatic rings. The Morgan fingerprint density at radius 1 is 1.25 bits per heavy atom. The van der Waals surface area contributed by atoms with Crippen molar-refractivity contribution in [3.8, 4) is 6.07 Å². The quantitative estimate of drug-likeness (QED) is 0.250. The van der Waals surface area contributed by atoms with Gasteiger partial charge in [-0.2, -0.15) is 13.9 Å². The number of hydrogen-bond acceptors (Lipinski definition) is 12. The molecule has 0 aromatic carbocycles. The third-order valence-electron chi connectivity index (χ3n) is 4.21. The number of aromatic nitrogens is 3. The Morgan fingerprint density at radius 3 is 2.56 bits per heavy atom. The summed E-state index contributed by atoms with van der Waals surface area (Å²) in [7, 11) is -16.8. The summed E-state index contributed by atoms with van der Waals surface area (Å²) >= 11 is 0. The highest BCUT2D eigenvalue weighted by atomic mass is 31.3. The first-order chi connectivity index (χ1) is 14.7. The van der Waals surface area contributed by atoms with E-state index in [4.69, 9.17) is 20.3 Å². The van der Waals surface area contributed by atoms with Gasteiger partial charge in [-0.3, -0.25) is 4.52 Å². The number of aliphatic hydroxyl groups is 1. The minimum absolute atomic E-state index is 0.173. The Hall–Kier alpha value is -1.76. The molecule has 2 unspecified atom stereocenters. The first-order valence-electron chi connectivity index (χ1n) is 8.29. The summed E-state index contributed by atoms with van der Waals surface area (Å²) in [6, 6.07) is 3.18. The second kappa shape index (κ2) is 8.54. The summed E-state index contributed by atoms with van der Waals surface area (Å²) in [5, 5.41) is 20.4. The Morgan fingerprint density at radius 2 is 1.94 bits per heavy atom. The lowest BCUT2D eigenvalue weighted by molar-refractivity contribution is -0.0886. The molecule has 20 heteroatoms. The number of anilines is 1. The summed E-state index contributed by atoms with van der Waals surface area (Å²) in [4.78, 5) is 43.7. The topological polar surface area (TPSA) is 270 Å². The highest BCUT2D eigenvalue weighted by molar-refractivity contribution is 7.66. The second-order valence-corrected chi connectivity index (χ2v) is 10.8. The monoisotopic (exact) mass is 515 g/mol. The van der Waals surface area contributed by atoms with Crippen molar-refractivity contribution < 1.29 is 56.3 Å². The van der Waals surface area contributed by atoms with Crippen molar-refractivity contribution in [3.63, 3.8) is 0 Å². The number of aliphatic hydroxyl groups excluding tert-OH is 1. The second-order valence-electron chi connectivity index (χ2n) is 6.41. The summed E-state index contributed by atoms with van der Waals surface area (Å²) in [6.07, 6.45) is -0.0709. The van der Waals surface area contributed by atoms with E-state index in [-0.39, 0.29) is 12.2 Å². The summed E-state index contributed by atoms with van der Waals surface area (Å²) in [6.45, 7) is -1.14. The molecular formula is C12H16N5O12P3. The van der Waals surface area contributed by atoms with Crippen LogP contribution < -0.4 is 5.73 Å². The normalized spacial score (nSPS) is 27.6. The van der Waals surface area contributed by atoms with Crippen LogP contribution in [0.5, 0.6) is 0 Å². The fraction of sp³-hybridized carbons (Fsp3) is 0.417. The molecule has 0 radical (unpaired) electrons. The first kappa shape index (κ1) is 24.9. The number of fused-ring (bicyclic) bond motifs is 1. The van der Waals surface area contributed by atoms with Gasteiger partial charge in [0.05, 0.1) is 5.39 Å². The first-order valence-corrected chi connectivity index (χ1v) is 12.8. The summed E-state index contributed by atoms with van der Waals surface area (Å²) in [5.41, 5.74) is 3.84. The van der Waals surface area contributed by atoms with Crippen molar-refractivity contribution in [3.05, 3.63) is 18.6 Å². The Kier molecular flexibility index (Phi) is 6.64. The lowest BCUT2D eigenvalue weighted by Gasteiger charge is -2.25. The van der Waals surface area contributed by atoms with Crippen molar-refractivity contribution in [1.82, 2.24) is 14.5 Å². The zero-order valence-electron chi connectivity index (χ0n) is 15.6. The van der Waals surface area contributed by atoms with Crippen molar-refractivity contribution in [1.29, 1.82) is 5.26 Å². The number of ether oxygens (including phenoxy) is 1. The Labute approximate surface area is 178 Å². The summed E-state index contributed by atoms with van der Waals surface area (Å²) in [5.74, 6) is 0.173. The molecule has 5 atom stereocenters. The van der Waals surface area contributed by atoms with Crippen LogP contribution in [0, 0.1) is 11.3 Å². The van der Waals surface area contributed by atoms with Gasteiger partial charge in [0, 0.05) is 12.6 Å². The van der Waals surface area contributed by atoms with Gasteiger partial charge >= 0.3 is 23.5 Å². The van der Waals surface area contributed by atoms with Crippen molar-refractivity contribution in [2.45, 2.75) is 24.4 Å². The van der Waals surface area contributed by atoms with E-state index in [0.717, 1.165) is 0 Å². The van der Waals surface area contributed by atoms with E-state index in [2.05, 4.69) is 23.1 Å². The third-order valence-corrected chi connectivity index (χ3v) is 7.99. The molecule has 3 rings (SSSR count). The zero-order chi connectivity index (χ0) is 23.9. The molecule has 1 saturated heterocycles. The number of nitriles is 1. The van der Waals surface area contributed by atoms with Crippen molar-refractivity contribution >= 4 is 40.3 Å². The predicted molar refractivity (Wildman–Crippen MR) is 101 cm³/mol. The van der Waals surface area contributed by atoms with E-state index in [0.29, 0.717) is 11.0 Å². The van der Waals surface area contributed by atoms with Crippen molar-refractivity contribution in [2.75, 3.05) is 12.3 Å². The van der Waals surface area contributed by atoms with Crippen LogP contribution in [0.3, 0.4) is 0 Å². The highest BCUT2D eigenvalue weighted by Gasteiger charge is 2.52. The fourth-order valence-corrected chi connectivity index (χ4v) is 5.94. The van der Waals surface area contributed by atoms with Gasteiger partial charge in [-0.05, 0) is 6.07 Å².